The normalized spacial score (nSPS) is 10.4. The van der Waals surface area contributed by atoms with Crippen LogP contribution in [0.3, 0.4) is 0 Å². The van der Waals surface area contributed by atoms with Crippen LogP contribution < -0.4 is 4.90 Å². The first kappa shape index (κ1) is 13.3. The number of fused-ring (bicyclic) bond motifs is 1. The van der Waals surface area contributed by atoms with Crippen molar-refractivity contribution in [3.63, 3.8) is 0 Å². The molecule has 2 aromatic rings. The number of esters is 1. The first-order valence-electron chi connectivity index (χ1n) is 6.20. The fourth-order valence-corrected chi connectivity index (χ4v) is 1.81. The summed E-state index contributed by atoms with van der Waals surface area (Å²) in [6.07, 6.45) is 2.95. The van der Waals surface area contributed by atoms with E-state index < -0.39 is 0 Å². The quantitative estimate of drug-likeness (QED) is 0.769. The summed E-state index contributed by atoms with van der Waals surface area (Å²) in [5.41, 5.74) is 0.923. The van der Waals surface area contributed by atoms with Crippen LogP contribution in [0.4, 0.5) is 5.95 Å². The van der Waals surface area contributed by atoms with E-state index in [1.807, 2.05) is 42.4 Å². The molecule has 0 bridgehead atoms. The van der Waals surface area contributed by atoms with E-state index in [9.17, 15) is 4.79 Å². The van der Waals surface area contributed by atoms with E-state index in [0.717, 1.165) is 17.3 Å². The van der Waals surface area contributed by atoms with Crippen LogP contribution in [0.1, 0.15) is 12.8 Å². The topological polar surface area (TPSA) is 55.3 Å². The number of anilines is 1. The van der Waals surface area contributed by atoms with Crippen molar-refractivity contribution in [3.05, 3.63) is 30.5 Å². The molecule has 1 heterocycles. The zero-order chi connectivity index (χ0) is 13.7. The maximum atomic E-state index is 11.0. The van der Waals surface area contributed by atoms with E-state index in [2.05, 4.69) is 14.7 Å². The number of methoxy groups -OCH3 is 1. The zero-order valence-corrected chi connectivity index (χ0v) is 11.2. The second-order valence-electron chi connectivity index (χ2n) is 4.33. The molecule has 1 aromatic carbocycles. The zero-order valence-electron chi connectivity index (χ0n) is 11.2. The van der Waals surface area contributed by atoms with E-state index in [4.69, 9.17) is 0 Å². The second kappa shape index (κ2) is 6.13. The average Bonchev–Trinajstić information content (AvgIpc) is 2.46. The van der Waals surface area contributed by atoms with Crippen molar-refractivity contribution in [2.75, 3.05) is 25.6 Å². The average molecular weight is 259 g/mol. The van der Waals surface area contributed by atoms with Crippen LogP contribution in [-0.4, -0.2) is 36.6 Å². The summed E-state index contributed by atoms with van der Waals surface area (Å²) in [6.45, 7) is 0.716. The summed E-state index contributed by atoms with van der Waals surface area (Å²) < 4.78 is 4.61. The molecule has 19 heavy (non-hydrogen) atoms. The molecule has 5 heteroatoms. The molecule has 2 rings (SSSR count). The predicted molar refractivity (Wildman–Crippen MR) is 74.1 cm³/mol. The monoisotopic (exact) mass is 259 g/mol. The summed E-state index contributed by atoms with van der Waals surface area (Å²) >= 11 is 0. The highest BCUT2D eigenvalue weighted by Gasteiger charge is 2.07. The van der Waals surface area contributed by atoms with Crippen molar-refractivity contribution in [3.8, 4) is 0 Å². The van der Waals surface area contributed by atoms with Crippen molar-refractivity contribution in [1.82, 2.24) is 9.97 Å². The fourth-order valence-electron chi connectivity index (χ4n) is 1.81. The lowest BCUT2D eigenvalue weighted by atomic mass is 10.2. The van der Waals surface area contributed by atoms with E-state index in [0.29, 0.717) is 18.9 Å². The summed E-state index contributed by atoms with van der Waals surface area (Å²) in [5, 5.41) is 1.02. The molecule has 0 unspecified atom stereocenters. The van der Waals surface area contributed by atoms with Gasteiger partial charge in [0, 0.05) is 31.6 Å². The highest BCUT2D eigenvalue weighted by molar-refractivity contribution is 5.78. The lowest BCUT2D eigenvalue weighted by Gasteiger charge is -2.16. The molecule has 0 fully saturated rings. The molecule has 0 aliphatic carbocycles. The van der Waals surface area contributed by atoms with Gasteiger partial charge >= 0.3 is 5.97 Å². The van der Waals surface area contributed by atoms with Crippen molar-refractivity contribution in [2.24, 2.45) is 0 Å². The molecule has 0 amide bonds. The Morgan fingerprint density at radius 1 is 1.37 bits per heavy atom. The highest BCUT2D eigenvalue weighted by atomic mass is 16.5. The molecular formula is C14H17N3O2. The Morgan fingerprint density at radius 3 is 2.95 bits per heavy atom. The third-order valence-corrected chi connectivity index (χ3v) is 2.92. The maximum Gasteiger partial charge on any atom is 0.305 e. The van der Waals surface area contributed by atoms with E-state index in [1.165, 1.54) is 7.11 Å². The second-order valence-corrected chi connectivity index (χ2v) is 4.33. The van der Waals surface area contributed by atoms with E-state index in [-0.39, 0.29) is 5.97 Å². The van der Waals surface area contributed by atoms with Gasteiger partial charge in [-0.1, -0.05) is 18.2 Å². The molecule has 0 radical (unpaired) electrons. The minimum Gasteiger partial charge on any atom is -0.469 e. The highest BCUT2D eigenvalue weighted by Crippen LogP contribution is 2.14. The van der Waals surface area contributed by atoms with Gasteiger partial charge in [0.25, 0.3) is 0 Å². The van der Waals surface area contributed by atoms with Crippen LogP contribution in [-0.2, 0) is 9.53 Å². The van der Waals surface area contributed by atoms with E-state index in [1.54, 1.807) is 0 Å². The van der Waals surface area contributed by atoms with Crippen molar-refractivity contribution in [2.45, 2.75) is 12.8 Å². The van der Waals surface area contributed by atoms with Gasteiger partial charge in [-0.15, -0.1) is 0 Å². The van der Waals surface area contributed by atoms with Gasteiger partial charge in [-0.25, -0.2) is 9.97 Å². The Kier molecular flexibility index (Phi) is 4.28. The molecule has 0 aliphatic rings. The molecule has 0 saturated heterocycles. The van der Waals surface area contributed by atoms with Gasteiger partial charge in [0.1, 0.15) is 0 Å². The van der Waals surface area contributed by atoms with Gasteiger partial charge in [0.15, 0.2) is 0 Å². The number of ether oxygens (including phenoxy) is 1. The third-order valence-electron chi connectivity index (χ3n) is 2.92. The summed E-state index contributed by atoms with van der Waals surface area (Å²) in [6, 6.07) is 7.86. The number of hydrogen-bond acceptors (Lipinski definition) is 5. The Balaban J connectivity index is 2.00. The van der Waals surface area contributed by atoms with E-state index >= 15 is 0 Å². The van der Waals surface area contributed by atoms with Crippen molar-refractivity contribution < 1.29 is 9.53 Å². The SMILES string of the molecule is COC(=O)CCCN(C)c1ncc2ccccc2n1. The minimum atomic E-state index is -0.187. The Labute approximate surface area is 112 Å². The van der Waals surface area contributed by atoms with Crippen LogP contribution in [0.2, 0.25) is 0 Å². The van der Waals surface area contributed by atoms with Crippen molar-refractivity contribution in [1.29, 1.82) is 0 Å². The van der Waals surface area contributed by atoms with Crippen LogP contribution in [0.5, 0.6) is 0 Å². The lowest BCUT2D eigenvalue weighted by molar-refractivity contribution is -0.140. The third kappa shape index (κ3) is 3.40. The Hall–Kier alpha value is -2.17. The first-order valence-corrected chi connectivity index (χ1v) is 6.20. The summed E-state index contributed by atoms with van der Waals surface area (Å²) in [7, 11) is 3.32. The predicted octanol–water partition coefficient (Wildman–Crippen LogP) is 2.02. The molecule has 5 nitrogen and oxygen atoms in total. The van der Waals surface area contributed by atoms with Crippen molar-refractivity contribution >= 4 is 22.8 Å². The number of nitrogens with zero attached hydrogens (tertiary/aromatic N) is 3. The number of carbonyl (C=O) groups is 1. The van der Waals surface area contributed by atoms with Crippen LogP contribution >= 0.6 is 0 Å². The number of carbonyl (C=O) groups excluding carboxylic acids is 1. The molecule has 0 saturated carbocycles. The number of para-hydroxylation sites is 1. The molecule has 100 valence electrons. The number of rotatable bonds is 5. The molecule has 0 spiro atoms. The van der Waals surface area contributed by atoms with Crippen LogP contribution in [0.25, 0.3) is 10.9 Å². The lowest BCUT2D eigenvalue weighted by Crippen LogP contribution is -2.21. The van der Waals surface area contributed by atoms with Gasteiger partial charge in [-0.2, -0.15) is 0 Å². The van der Waals surface area contributed by atoms with Crippen LogP contribution in [0, 0.1) is 0 Å². The molecule has 0 atom stereocenters. The van der Waals surface area contributed by atoms with Gasteiger partial charge in [0.05, 0.1) is 12.6 Å². The smallest absolute Gasteiger partial charge is 0.305 e. The van der Waals surface area contributed by atoms with Gasteiger partial charge in [-0.05, 0) is 12.5 Å². The Bertz CT molecular complexity index is 571. The van der Waals surface area contributed by atoms with Gasteiger partial charge in [-0.3, -0.25) is 4.79 Å². The largest absolute Gasteiger partial charge is 0.469 e. The van der Waals surface area contributed by atoms with Gasteiger partial charge < -0.3 is 9.64 Å². The Morgan fingerprint density at radius 2 is 2.16 bits per heavy atom. The first-order chi connectivity index (χ1) is 9.20. The summed E-state index contributed by atoms with van der Waals surface area (Å²) in [4.78, 5) is 21.8. The van der Waals surface area contributed by atoms with Gasteiger partial charge in [0.2, 0.25) is 5.95 Å². The molecular weight excluding hydrogens is 242 g/mol. The standard InChI is InChI=1S/C14H17N3O2/c1-17(9-5-8-13(18)19-2)14-15-10-11-6-3-4-7-12(11)16-14/h3-4,6-7,10H,5,8-9H2,1-2H3. The maximum absolute atomic E-state index is 11.0. The molecule has 0 aliphatic heterocycles. The van der Waals surface area contributed by atoms with Crippen LogP contribution in [0.15, 0.2) is 30.5 Å². The summed E-state index contributed by atoms with van der Waals surface area (Å²) in [5.74, 6) is 0.483. The molecule has 0 N–H and O–H groups in total. The minimum absolute atomic E-state index is 0.187. The molecule has 1 aromatic heterocycles. The number of hydrogen-bond donors (Lipinski definition) is 0. The number of benzene rings is 1. The number of aromatic nitrogens is 2. The fraction of sp³-hybridized carbons (Fsp3) is 0.357.